The lowest BCUT2D eigenvalue weighted by Gasteiger charge is -2.05. The fourth-order valence-electron chi connectivity index (χ4n) is 0.657. The molecule has 0 amide bonds. The van der Waals surface area contributed by atoms with Crippen LogP contribution in [-0.2, 0) is 4.79 Å². The van der Waals surface area contributed by atoms with Crippen LogP contribution in [-0.4, -0.2) is 18.9 Å². The standard InChI is InChI=1S/C6H13IN2O/c7-9-6(5-10)3-1-2-4-8/h5-6,9H,1-4,8H2/t6-/m0/s1. The number of hydrogen-bond acceptors (Lipinski definition) is 3. The highest BCUT2D eigenvalue weighted by atomic mass is 127. The Labute approximate surface area is 75.2 Å². The van der Waals surface area contributed by atoms with Gasteiger partial charge in [-0.3, -0.25) is 3.53 Å². The van der Waals surface area contributed by atoms with E-state index in [1.54, 1.807) is 0 Å². The SMILES string of the molecule is NCCCC[C@@H](C=O)NI. The molecule has 0 unspecified atom stereocenters. The van der Waals surface area contributed by atoms with Crippen LogP contribution in [0, 0.1) is 0 Å². The summed E-state index contributed by atoms with van der Waals surface area (Å²) in [6.07, 6.45) is 3.85. The lowest BCUT2D eigenvalue weighted by Crippen LogP contribution is -2.21. The van der Waals surface area contributed by atoms with Gasteiger partial charge >= 0.3 is 0 Å². The van der Waals surface area contributed by atoms with E-state index in [1.165, 1.54) is 0 Å². The Bertz CT molecular complexity index is 89.8. The molecule has 4 heteroatoms. The molecule has 0 fully saturated rings. The summed E-state index contributed by atoms with van der Waals surface area (Å²) in [6.45, 7) is 0.715. The highest BCUT2D eigenvalue weighted by Gasteiger charge is 2.02. The quantitative estimate of drug-likeness (QED) is 0.317. The first kappa shape index (κ1) is 10.3. The molecule has 0 spiro atoms. The molecule has 0 aliphatic carbocycles. The smallest absolute Gasteiger partial charge is 0.137 e. The van der Waals surface area contributed by atoms with Gasteiger partial charge in [0.15, 0.2) is 0 Å². The number of carbonyl (C=O) groups is 1. The van der Waals surface area contributed by atoms with Crippen molar-refractivity contribution in [2.75, 3.05) is 6.54 Å². The summed E-state index contributed by atoms with van der Waals surface area (Å²) in [4.78, 5) is 10.2. The maximum absolute atomic E-state index is 10.2. The summed E-state index contributed by atoms with van der Waals surface area (Å²) in [5, 5.41) is 0. The van der Waals surface area contributed by atoms with E-state index in [-0.39, 0.29) is 6.04 Å². The second kappa shape index (κ2) is 7.43. The molecule has 60 valence electrons. The monoisotopic (exact) mass is 256 g/mol. The Hall–Kier alpha value is 0.320. The first-order valence-corrected chi connectivity index (χ1v) is 4.44. The van der Waals surface area contributed by atoms with Crippen LogP contribution in [0.1, 0.15) is 19.3 Å². The Kier molecular flexibility index (Phi) is 7.66. The Balaban J connectivity index is 3.17. The van der Waals surface area contributed by atoms with Crippen molar-refractivity contribution >= 4 is 29.2 Å². The number of carbonyl (C=O) groups excluding carboxylic acids is 1. The molecule has 0 heterocycles. The normalized spacial score (nSPS) is 13.0. The van der Waals surface area contributed by atoms with E-state index in [9.17, 15) is 4.79 Å². The van der Waals surface area contributed by atoms with Gasteiger partial charge in [-0.1, -0.05) is 6.42 Å². The topological polar surface area (TPSA) is 55.1 Å². The number of nitrogens with one attached hydrogen (secondary N) is 1. The fraction of sp³-hybridized carbons (Fsp3) is 0.833. The molecular weight excluding hydrogens is 243 g/mol. The van der Waals surface area contributed by atoms with Gasteiger partial charge in [0.1, 0.15) is 6.29 Å². The summed E-state index contributed by atoms with van der Waals surface area (Å²) < 4.78 is 2.87. The minimum absolute atomic E-state index is 0.00662. The van der Waals surface area contributed by atoms with Crippen molar-refractivity contribution in [2.45, 2.75) is 25.3 Å². The first-order chi connectivity index (χ1) is 4.85. The molecule has 0 bridgehead atoms. The van der Waals surface area contributed by atoms with Crippen molar-refractivity contribution in [3.05, 3.63) is 0 Å². The van der Waals surface area contributed by atoms with Crippen LogP contribution in [0.25, 0.3) is 0 Å². The molecule has 0 rings (SSSR count). The third-order valence-electron chi connectivity index (χ3n) is 1.27. The van der Waals surface area contributed by atoms with Crippen molar-refractivity contribution < 1.29 is 4.79 Å². The number of nitrogens with two attached hydrogens (primary N) is 1. The van der Waals surface area contributed by atoms with Crippen molar-refractivity contribution in [1.82, 2.24) is 3.53 Å². The lowest BCUT2D eigenvalue weighted by atomic mass is 10.1. The van der Waals surface area contributed by atoms with Crippen LogP contribution < -0.4 is 9.26 Å². The molecule has 0 aliphatic rings. The van der Waals surface area contributed by atoms with Crippen LogP contribution >= 0.6 is 22.9 Å². The van der Waals surface area contributed by atoms with Gasteiger partial charge in [0.2, 0.25) is 0 Å². The van der Waals surface area contributed by atoms with Gasteiger partial charge in [-0.25, -0.2) is 0 Å². The van der Waals surface area contributed by atoms with E-state index in [1.807, 2.05) is 22.9 Å². The van der Waals surface area contributed by atoms with E-state index in [0.29, 0.717) is 6.54 Å². The van der Waals surface area contributed by atoms with Crippen molar-refractivity contribution in [1.29, 1.82) is 0 Å². The lowest BCUT2D eigenvalue weighted by molar-refractivity contribution is -0.109. The molecule has 0 radical (unpaired) electrons. The summed E-state index contributed by atoms with van der Waals surface area (Å²) in [5.41, 5.74) is 5.29. The maximum atomic E-state index is 10.2. The molecule has 0 aromatic carbocycles. The van der Waals surface area contributed by atoms with Gasteiger partial charge < -0.3 is 10.5 Å². The molecule has 0 aromatic heterocycles. The molecule has 10 heavy (non-hydrogen) atoms. The van der Waals surface area contributed by atoms with E-state index >= 15 is 0 Å². The zero-order valence-electron chi connectivity index (χ0n) is 5.85. The van der Waals surface area contributed by atoms with Gasteiger partial charge in [-0.05, 0) is 19.4 Å². The average molecular weight is 256 g/mol. The summed E-state index contributed by atoms with van der Waals surface area (Å²) >= 11 is 1.99. The molecule has 1 atom stereocenters. The molecule has 0 saturated heterocycles. The molecule has 3 nitrogen and oxygen atoms in total. The summed E-state index contributed by atoms with van der Waals surface area (Å²) in [7, 11) is 0. The van der Waals surface area contributed by atoms with Crippen LogP contribution in [0.15, 0.2) is 0 Å². The maximum Gasteiger partial charge on any atom is 0.137 e. The number of hydrogen-bond donors (Lipinski definition) is 2. The van der Waals surface area contributed by atoms with Gasteiger partial charge in [-0.15, -0.1) is 0 Å². The van der Waals surface area contributed by atoms with Gasteiger partial charge in [-0.2, -0.15) is 0 Å². The molecule has 0 aliphatic heterocycles. The van der Waals surface area contributed by atoms with E-state index in [2.05, 4.69) is 3.53 Å². The fourth-order valence-corrected chi connectivity index (χ4v) is 1.12. The van der Waals surface area contributed by atoms with Crippen LogP contribution in [0.4, 0.5) is 0 Å². The highest BCUT2D eigenvalue weighted by molar-refractivity contribution is 14.1. The highest BCUT2D eigenvalue weighted by Crippen LogP contribution is 1.98. The summed E-state index contributed by atoms with van der Waals surface area (Å²) in [6, 6.07) is 0.00662. The second-order valence-corrected chi connectivity index (χ2v) is 2.76. The number of rotatable bonds is 6. The Morgan fingerprint density at radius 3 is 2.70 bits per heavy atom. The molecular formula is C6H13IN2O. The number of aldehydes is 1. The van der Waals surface area contributed by atoms with Crippen LogP contribution in [0.5, 0.6) is 0 Å². The molecule has 3 N–H and O–H groups in total. The zero-order chi connectivity index (χ0) is 7.82. The van der Waals surface area contributed by atoms with Crippen LogP contribution in [0.2, 0.25) is 0 Å². The van der Waals surface area contributed by atoms with E-state index < -0.39 is 0 Å². The van der Waals surface area contributed by atoms with Crippen molar-refractivity contribution in [2.24, 2.45) is 5.73 Å². The van der Waals surface area contributed by atoms with Gasteiger partial charge in [0.05, 0.1) is 6.04 Å². The third kappa shape index (κ3) is 5.13. The van der Waals surface area contributed by atoms with Crippen molar-refractivity contribution in [3.63, 3.8) is 0 Å². The van der Waals surface area contributed by atoms with Gasteiger partial charge in [0.25, 0.3) is 0 Å². The predicted octanol–water partition coefficient (Wildman–Crippen LogP) is 0.623. The molecule has 0 saturated carbocycles. The molecule has 0 aromatic rings. The minimum Gasteiger partial charge on any atom is -0.330 e. The van der Waals surface area contributed by atoms with Crippen LogP contribution in [0.3, 0.4) is 0 Å². The van der Waals surface area contributed by atoms with E-state index in [4.69, 9.17) is 5.73 Å². The van der Waals surface area contributed by atoms with Crippen molar-refractivity contribution in [3.8, 4) is 0 Å². The second-order valence-electron chi connectivity index (χ2n) is 2.14. The third-order valence-corrected chi connectivity index (χ3v) is 2.07. The van der Waals surface area contributed by atoms with Gasteiger partial charge in [0, 0.05) is 22.9 Å². The number of unbranched alkanes of at least 4 members (excludes halogenated alkanes) is 1. The van der Waals surface area contributed by atoms with E-state index in [0.717, 1.165) is 25.5 Å². The largest absolute Gasteiger partial charge is 0.330 e. The number of halogens is 1. The summed E-state index contributed by atoms with van der Waals surface area (Å²) in [5.74, 6) is 0. The Morgan fingerprint density at radius 2 is 2.30 bits per heavy atom. The minimum atomic E-state index is 0.00662. The Morgan fingerprint density at radius 1 is 1.60 bits per heavy atom. The zero-order valence-corrected chi connectivity index (χ0v) is 8.00. The average Bonchev–Trinajstić information content (AvgIpc) is 1.99. The first-order valence-electron chi connectivity index (χ1n) is 3.36. The predicted molar refractivity (Wildman–Crippen MR) is 49.9 cm³/mol.